The fourth-order valence-corrected chi connectivity index (χ4v) is 2.31. The summed E-state index contributed by atoms with van der Waals surface area (Å²) in [5.74, 6) is 1.12. The molecule has 0 atom stereocenters. The molecule has 0 spiro atoms. The quantitative estimate of drug-likeness (QED) is 0.764. The van der Waals surface area contributed by atoms with Crippen LogP contribution in [0.2, 0.25) is 0 Å². The number of nitrogens with one attached hydrogen (secondary N) is 1. The van der Waals surface area contributed by atoms with Crippen molar-refractivity contribution in [1.82, 2.24) is 15.1 Å². The molecule has 0 bridgehead atoms. The van der Waals surface area contributed by atoms with E-state index in [9.17, 15) is 5.11 Å². The first-order valence-corrected chi connectivity index (χ1v) is 6.98. The number of ether oxygens (including phenoxy) is 1. The highest BCUT2D eigenvalue weighted by atomic mass is 16.5. The standard InChI is InChI=1S/C16H16N4O3/c1-9-15(10(2)23-20-9)11-6-13(16(21)18-7-11)19-12-4-5-14(22-3)17-8-12/h4-8,19H,1-3H3,(H,18,21). The van der Waals surface area contributed by atoms with Gasteiger partial charge >= 0.3 is 0 Å². The van der Waals surface area contributed by atoms with Gasteiger partial charge in [0, 0.05) is 23.4 Å². The van der Waals surface area contributed by atoms with E-state index in [2.05, 4.69) is 20.4 Å². The lowest BCUT2D eigenvalue weighted by atomic mass is 10.1. The normalized spacial score (nSPS) is 10.6. The van der Waals surface area contributed by atoms with Crippen molar-refractivity contribution < 1.29 is 14.4 Å². The molecule has 2 N–H and O–H groups in total. The molecule has 0 unspecified atom stereocenters. The van der Waals surface area contributed by atoms with Gasteiger partial charge in [-0.15, -0.1) is 0 Å². The third kappa shape index (κ3) is 2.94. The molecule has 118 valence electrons. The van der Waals surface area contributed by atoms with E-state index in [0.717, 1.165) is 16.8 Å². The van der Waals surface area contributed by atoms with Crippen LogP contribution in [0.3, 0.4) is 0 Å². The van der Waals surface area contributed by atoms with Crippen molar-refractivity contribution in [3.63, 3.8) is 0 Å². The van der Waals surface area contributed by atoms with E-state index in [-0.39, 0.29) is 5.88 Å². The van der Waals surface area contributed by atoms with E-state index < -0.39 is 0 Å². The molecule has 0 aliphatic rings. The van der Waals surface area contributed by atoms with E-state index in [0.29, 0.717) is 23.0 Å². The molecule has 3 rings (SSSR count). The molecule has 3 heterocycles. The number of methoxy groups -OCH3 is 1. The van der Waals surface area contributed by atoms with E-state index in [1.807, 2.05) is 13.8 Å². The molecule has 7 heteroatoms. The van der Waals surface area contributed by atoms with Gasteiger partial charge in [0.25, 0.3) is 0 Å². The fraction of sp³-hybridized carbons (Fsp3) is 0.188. The van der Waals surface area contributed by atoms with Crippen molar-refractivity contribution in [2.75, 3.05) is 12.4 Å². The minimum atomic E-state index is -0.101. The monoisotopic (exact) mass is 312 g/mol. The van der Waals surface area contributed by atoms with Crippen molar-refractivity contribution in [2.24, 2.45) is 0 Å². The Morgan fingerprint density at radius 2 is 2.00 bits per heavy atom. The van der Waals surface area contributed by atoms with Crippen LogP contribution >= 0.6 is 0 Å². The van der Waals surface area contributed by atoms with E-state index in [4.69, 9.17) is 9.26 Å². The van der Waals surface area contributed by atoms with Gasteiger partial charge in [0.1, 0.15) is 11.4 Å². The third-order valence-corrected chi connectivity index (χ3v) is 3.41. The first-order valence-electron chi connectivity index (χ1n) is 6.98. The number of nitrogens with zero attached hydrogens (tertiary/aromatic N) is 3. The Kier molecular flexibility index (Phi) is 3.84. The molecule has 0 saturated carbocycles. The minimum absolute atomic E-state index is 0.101. The second kappa shape index (κ2) is 5.96. The van der Waals surface area contributed by atoms with Crippen LogP contribution in [0, 0.1) is 13.8 Å². The first kappa shape index (κ1) is 14.8. The summed E-state index contributed by atoms with van der Waals surface area (Å²) in [5, 5.41) is 17.0. The van der Waals surface area contributed by atoms with Gasteiger partial charge in [0.15, 0.2) is 0 Å². The lowest BCUT2D eigenvalue weighted by Crippen LogP contribution is -1.95. The van der Waals surface area contributed by atoms with E-state index in [1.165, 1.54) is 0 Å². The van der Waals surface area contributed by atoms with Gasteiger partial charge in [-0.25, -0.2) is 9.97 Å². The summed E-state index contributed by atoms with van der Waals surface area (Å²) in [6.07, 6.45) is 3.19. The Balaban J connectivity index is 1.94. The molecule has 0 saturated heterocycles. The number of aromatic hydroxyl groups is 1. The smallest absolute Gasteiger partial charge is 0.235 e. The summed E-state index contributed by atoms with van der Waals surface area (Å²) in [4.78, 5) is 8.14. The Hall–Kier alpha value is -3.09. The Morgan fingerprint density at radius 1 is 1.17 bits per heavy atom. The van der Waals surface area contributed by atoms with Crippen LogP contribution in [0.4, 0.5) is 11.4 Å². The molecule has 3 aromatic heterocycles. The number of anilines is 2. The predicted molar refractivity (Wildman–Crippen MR) is 84.9 cm³/mol. The maximum atomic E-state index is 9.98. The van der Waals surface area contributed by atoms with E-state index >= 15 is 0 Å². The molecule has 0 amide bonds. The molecular weight excluding hydrogens is 296 g/mol. The zero-order chi connectivity index (χ0) is 16.4. The van der Waals surface area contributed by atoms with Crippen LogP contribution in [0.15, 0.2) is 35.1 Å². The largest absolute Gasteiger partial charge is 0.492 e. The molecule has 0 aromatic carbocycles. The molecule has 3 aromatic rings. The Labute approximate surface area is 133 Å². The number of hydrogen-bond donors (Lipinski definition) is 2. The highest BCUT2D eigenvalue weighted by Crippen LogP contribution is 2.32. The second-order valence-corrected chi connectivity index (χ2v) is 5.01. The summed E-state index contributed by atoms with van der Waals surface area (Å²) in [6, 6.07) is 5.32. The first-order chi connectivity index (χ1) is 11.1. The molecule has 7 nitrogen and oxygen atoms in total. The average molecular weight is 312 g/mol. The van der Waals surface area contributed by atoms with Crippen LogP contribution in [0.25, 0.3) is 11.1 Å². The zero-order valence-corrected chi connectivity index (χ0v) is 13.0. The van der Waals surface area contributed by atoms with Gasteiger partial charge in [-0.1, -0.05) is 5.16 Å². The van der Waals surface area contributed by atoms with Crippen molar-refractivity contribution in [2.45, 2.75) is 13.8 Å². The van der Waals surface area contributed by atoms with Crippen molar-refractivity contribution in [1.29, 1.82) is 0 Å². The molecular formula is C16H16N4O3. The summed E-state index contributed by atoms with van der Waals surface area (Å²) in [6.45, 7) is 3.70. The third-order valence-electron chi connectivity index (χ3n) is 3.41. The number of pyridine rings is 2. The average Bonchev–Trinajstić information content (AvgIpc) is 2.89. The molecule has 23 heavy (non-hydrogen) atoms. The number of aromatic nitrogens is 3. The molecule has 0 aliphatic heterocycles. The Morgan fingerprint density at radius 3 is 2.61 bits per heavy atom. The lowest BCUT2D eigenvalue weighted by molar-refractivity contribution is 0.393. The topological polar surface area (TPSA) is 93.3 Å². The van der Waals surface area contributed by atoms with Crippen LogP contribution in [0.5, 0.6) is 11.8 Å². The van der Waals surface area contributed by atoms with Gasteiger partial charge in [-0.05, 0) is 26.0 Å². The van der Waals surface area contributed by atoms with Crippen LogP contribution in [0.1, 0.15) is 11.5 Å². The zero-order valence-electron chi connectivity index (χ0n) is 13.0. The lowest BCUT2D eigenvalue weighted by Gasteiger charge is -2.10. The van der Waals surface area contributed by atoms with Crippen molar-refractivity contribution in [3.05, 3.63) is 42.0 Å². The minimum Gasteiger partial charge on any atom is -0.492 e. The number of hydrogen-bond acceptors (Lipinski definition) is 7. The van der Waals surface area contributed by atoms with Crippen LogP contribution < -0.4 is 10.1 Å². The van der Waals surface area contributed by atoms with Gasteiger partial charge in [-0.2, -0.15) is 0 Å². The Bertz CT molecular complexity index is 808. The highest BCUT2D eigenvalue weighted by Gasteiger charge is 2.14. The predicted octanol–water partition coefficient (Wildman–Crippen LogP) is 3.21. The van der Waals surface area contributed by atoms with Crippen molar-refractivity contribution in [3.8, 4) is 22.9 Å². The maximum absolute atomic E-state index is 9.98. The summed E-state index contributed by atoms with van der Waals surface area (Å²) < 4.78 is 10.2. The number of aryl methyl sites for hydroxylation is 2. The SMILES string of the molecule is COc1ccc(Nc2cc(-c3c(C)noc3C)cnc2O)cn1. The van der Waals surface area contributed by atoms with Gasteiger partial charge in [0.2, 0.25) is 11.8 Å². The van der Waals surface area contributed by atoms with E-state index in [1.54, 1.807) is 37.7 Å². The number of rotatable bonds is 4. The molecule has 0 aliphatic carbocycles. The summed E-state index contributed by atoms with van der Waals surface area (Å²) in [7, 11) is 1.55. The van der Waals surface area contributed by atoms with Gasteiger partial charge in [-0.3, -0.25) is 0 Å². The van der Waals surface area contributed by atoms with Crippen molar-refractivity contribution >= 4 is 11.4 Å². The fourth-order valence-electron chi connectivity index (χ4n) is 2.31. The summed E-state index contributed by atoms with van der Waals surface area (Å²) >= 11 is 0. The molecule has 0 radical (unpaired) electrons. The van der Waals surface area contributed by atoms with Gasteiger partial charge in [0.05, 0.1) is 24.7 Å². The summed E-state index contributed by atoms with van der Waals surface area (Å²) in [5.41, 5.74) is 3.62. The van der Waals surface area contributed by atoms with Gasteiger partial charge < -0.3 is 19.7 Å². The maximum Gasteiger partial charge on any atom is 0.235 e. The molecule has 0 fully saturated rings. The van der Waals surface area contributed by atoms with Crippen LogP contribution in [-0.2, 0) is 0 Å². The highest BCUT2D eigenvalue weighted by molar-refractivity contribution is 5.74. The second-order valence-electron chi connectivity index (χ2n) is 5.01. The van der Waals surface area contributed by atoms with Crippen LogP contribution in [-0.4, -0.2) is 27.3 Å².